The van der Waals surface area contributed by atoms with E-state index in [-0.39, 0.29) is 5.82 Å². The fraction of sp³-hybridized carbons (Fsp3) is 0.667. The number of rotatable bonds is 7. The van der Waals surface area contributed by atoms with Crippen molar-refractivity contribution in [2.75, 3.05) is 13.1 Å². The standard InChI is InChI=1S/C18H29FN2/c1-13(2)21(14(3)4)10-9-20-18-11-16(12-18)15-5-7-17(19)8-6-15/h5-8,13-14,16,18,20H,9-12H2,1-4H3. The lowest BCUT2D eigenvalue weighted by molar-refractivity contribution is 0.168. The Morgan fingerprint density at radius 1 is 1.10 bits per heavy atom. The number of hydrogen-bond donors (Lipinski definition) is 1. The maximum absolute atomic E-state index is 12.9. The fourth-order valence-electron chi connectivity index (χ4n) is 3.30. The number of benzene rings is 1. The van der Waals surface area contributed by atoms with Crippen molar-refractivity contribution in [3.63, 3.8) is 0 Å². The molecule has 0 atom stereocenters. The van der Waals surface area contributed by atoms with Crippen LogP contribution in [-0.4, -0.2) is 36.1 Å². The molecule has 0 aliphatic heterocycles. The molecule has 1 fully saturated rings. The fourth-order valence-corrected chi connectivity index (χ4v) is 3.30. The Morgan fingerprint density at radius 3 is 2.19 bits per heavy atom. The van der Waals surface area contributed by atoms with Crippen molar-refractivity contribution in [2.45, 2.75) is 64.6 Å². The van der Waals surface area contributed by atoms with E-state index in [4.69, 9.17) is 0 Å². The molecule has 0 saturated heterocycles. The highest BCUT2D eigenvalue weighted by Crippen LogP contribution is 2.36. The van der Waals surface area contributed by atoms with Gasteiger partial charge in [-0.3, -0.25) is 4.90 Å². The van der Waals surface area contributed by atoms with Gasteiger partial charge in [0.15, 0.2) is 0 Å². The van der Waals surface area contributed by atoms with E-state index >= 15 is 0 Å². The van der Waals surface area contributed by atoms with Crippen molar-refractivity contribution in [1.82, 2.24) is 10.2 Å². The Bertz CT molecular complexity index is 413. The second-order valence-electron chi connectivity index (χ2n) is 6.80. The molecular formula is C18H29FN2. The zero-order valence-corrected chi connectivity index (χ0v) is 13.8. The van der Waals surface area contributed by atoms with E-state index < -0.39 is 0 Å². The lowest BCUT2D eigenvalue weighted by Crippen LogP contribution is -2.46. The highest BCUT2D eigenvalue weighted by atomic mass is 19.1. The average molecular weight is 292 g/mol. The second-order valence-corrected chi connectivity index (χ2v) is 6.80. The second kappa shape index (κ2) is 7.37. The van der Waals surface area contributed by atoms with E-state index in [0.717, 1.165) is 13.1 Å². The summed E-state index contributed by atoms with van der Waals surface area (Å²) in [7, 11) is 0. The summed E-state index contributed by atoms with van der Waals surface area (Å²) in [6.45, 7) is 11.2. The molecule has 2 rings (SSSR count). The molecule has 21 heavy (non-hydrogen) atoms. The van der Waals surface area contributed by atoms with Gasteiger partial charge < -0.3 is 5.32 Å². The molecule has 0 bridgehead atoms. The van der Waals surface area contributed by atoms with Crippen LogP contribution in [0, 0.1) is 5.82 Å². The van der Waals surface area contributed by atoms with Gasteiger partial charge in [-0.1, -0.05) is 12.1 Å². The summed E-state index contributed by atoms with van der Waals surface area (Å²) >= 11 is 0. The zero-order chi connectivity index (χ0) is 15.4. The monoisotopic (exact) mass is 292 g/mol. The minimum atomic E-state index is -0.143. The first-order chi connectivity index (χ1) is 9.97. The number of halogens is 1. The zero-order valence-electron chi connectivity index (χ0n) is 13.8. The van der Waals surface area contributed by atoms with Gasteiger partial charge in [0.2, 0.25) is 0 Å². The molecule has 3 heteroatoms. The maximum Gasteiger partial charge on any atom is 0.123 e. The number of nitrogens with one attached hydrogen (secondary N) is 1. The molecule has 118 valence electrons. The molecule has 0 amide bonds. The van der Waals surface area contributed by atoms with Crippen LogP contribution in [0.2, 0.25) is 0 Å². The first-order valence-corrected chi connectivity index (χ1v) is 8.22. The largest absolute Gasteiger partial charge is 0.313 e. The lowest BCUT2D eigenvalue weighted by Gasteiger charge is -2.38. The first kappa shape index (κ1) is 16.4. The summed E-state index contributed by atoms with van der Waals surface area (Å²) in [6, 6.07) is 8.81. The van der Waals surface area contributed by atoms with Gasteiger partial charge >= 0.3 is 0 Å². The van der Waals surface area contributed by atoms with E-state index in [1.807, 2.05) is 12.1 Å². The molecule has 1 N–H and O–H groups in total. The quantitative estimate of drug-likeness (QED) is 0.823. The van der Waals surface area contributed by atoms with Gasteiger partial charge in [-0.15, -0.1) is 0 Å². The van der Waals surface area contributed by atoms with E-state index in [2.05, 4.69) is 37.9 Å². The molecule has 0 aromatic heterocycles. The Kier molecular flexibility index (Phi) is 5.77. The Hall–Kier alpha value is -0.930. The van der Waals surface area contributed by atoms with Crippen LogP contribution in [-0.2, 0) is 0 Å². The van der Waals surface area contributed by atoms with Gasteiger partial charge in [-0.25, -0.2) is 4.39 Å². The topological polar surface area (TPSA) is 15.3 Å². The molecule has 1 aromatic carbocycles. The van der Waals surface area contributed by atoms with Gasteiger partial charge in [0.05, 0.1) is 0 Å². The van der Waals surface area contributed by atoms with Crippen LogP contribution in [0.15, 0.2) is 24.3 Å². The minimum Gasteiger partial charge on any atom is -0.313 e. The van der Waals surface area contributed by atoms with Crippen molar-refractivity contribution >= 4 is 0 Å². The summed E-state index contributed by atoms with van der Waals surface area (Å²) in [4.78, 5) is 2.52. The predicted octanol–water partition coefficient (Wildman–Crippen LogP) is 3.78. The van der Waals surface area contributed by atoms with Crippen LogP contribution in [0.25, 0.3) is 0 Å². The van der Waals surface area contributed by atoms with Crippen molar-refractivity contribution in [3.8, 4) is 0 Å². The third kappa shape index (κ3) is 4.52. The van der Waals surface area contributed by atoms with E-state index in [9.17, 15) is 4.39 Å². The smallest absolute Gasteiger partial charge is 0.123 e. The SMILES string of the molecule is CC(C)N(CCNC1CC(c2ccc(F)cc2)C1)C(C)C. The van der Waals surface area contributed by atoms with Crippen LogP contribution in [0.1, 0.15) is 52.0 Å². The van der Waals surface area contributed by atoms with Crippen LogP contribution < -0.4 is 5.32 Å². The predicted molar refractivity (Wildman–Crippen MR) is 87.1 cm³/mol. The summed E-state index contributed by atoms with van der Waals surface area (Å²) in [5.41, 5.74) is 1.28. The summed E-state index contributed by atoms with van der Waals surface area (Å²) in [6.07, 6.45) is 2.35. The van der Waals surface area contributed by atoms with Crippen molar-refractivity contribution in [3.05, 3.63) is 35.6 Å². The molecular weight excluding hydrogens is 263 g/mol. The molecule has 2 nitrogen and oxygen atoms in total. The van der Waals surface area contributed by atoms with Gasteiger partial charge in [-0.2, -0.15) is 0 Å². The summed E-state index contributed by atoms with van der Waals surface area (Å²) in [5.74, 6) is 0.463. The van der Waals surface area contributed by atoms with Gasteiger partial charge in [0.25, 0.3) is 0 Å². The molecule has 0 heterocycles. The highest BCUT2D eigenvalue weighted by molar-refractivity contribution is 5.23. The van der Waals surface area contributed by atoms with Gasteiger partial charge in [0.1, 0.15) is 5.82 Å². The maximum atomic E-state index is 12.9. The molecule has 1 aliphatic rings. The summed E-state index contributed by atoms with van der Waals surface area (Å²) in [5, 5.41) is 3.65. The Morgan fingerprint density at radius 2 is 1.67 bits per heavy atom. The van der Waals surface area contributed by atoms with Crippen molar-refractivity contribution in [1.29, 1.82) is 0 Å². The number of nitrogens with zero attached hydrogens (tertiary/aromatic N) is 1. The lowest BCUT2D eigenvalue weighted by atomic mass is 9.76. The average Bonchev–Trinajstić information content (AvgIpc) is 2.37. The van der Waals surface area contributed by atoms with E-state index in [1.54, 1.807) is 12.1 Å². The first-order valence-electron chi connectivity index (χ1n) is 8.22. The van der Waals surface area contributed by atoms with E-state index in [1.165, 1.54) is 18.4 Å². The van der Waals surface area contributed by atoms with Crippen LogP contribution in [0.5, 0.6) is 0 Å². The molecule has 1 aromatic rings. The summed E-state index contributed by atoms with van der Waals surface area (Å²) < 4.78 is 12.9. The molecule has 0 radical (unpaired) electrons. The highest BCUT2D eigenvalue weighted by Gasteiger charge is 2.29. The minimum absolute atomic E-state index is 0.143. The molecule has 0 unspecified atom stereocenters. The van der Waals surface area contributed by atoms with Crippen LogP contribution >= 0.6 is 0 Å². The van der Waals surface area contributed by atoms with Crippen LogP contribution in [0.3, 0.4) is 0 Å². The Balaban J connectivity index is 1.68. The van der Waals surface area contributed by atoms with Gasteiger partial charge in [0, 0.05) is 31.2 Å². The molecule has 1 aliphatic carbocycles. The third-order valence-electron chi connectivity index (χ3n) is 4.61. The Labute approximate surface area is 128 Å². The molecule has 0 spiro atoms. The number of hydrogen-bond acceptors (Lipinski definition) is 2. The third-order valence-corrected chi connectivity index (χ3v) is 4.61. The normalized spacial score (nSPS) is 22.1. The van der Waals surface area contributed by atoms with Crippen molar-refractivity contribution in [2.24, 2.45) is 0 Å². The van der Waals surface area contributed by atoms with Gasteiger partial charge in [-0.05, 0) is 64.2 Å². The van der Waals surface area contributed by atoms with E-state index in [0.29, 0.717) is 24.0 Å². The molecule has 1 saturated carbocycles. The van der Waals surface area contributed by atoms with Crippen molar-refractivity contribution < 1.29 is 4.39 Å². The van der Waals surface area contributed by atoms with Crippen LogP contribution in [0.4, 0.5) is 4.39 Å².